The third-order valence-corrected chi connectivity index (χ3v) is 8.77. The Morgan fingerprint density at radius 3 is 2.40 bits per heavy atom. The van der Waals surface area contributed by atoms with Crippen molar-refractivity contribution in [2.45, 2.75) is 70.8 Å². The normalized spacial score (nSPS) is 28.0. The van der Waals surface area contributed by atoms with Crippen molar-refractivity contribution in [1.29, 1.82) is 0 Å². The molecule has 186 valence electrons. The summed E-state index contributed by atoms with van der Waals surface area (Å²) in [6.45, 7) is 5.80. The first kappa shape index (κ1) is 24.1. The highest BCUT2D eigenvalue weighted by Crippen LogP contribution is 2.47. The van der Waals surface area contributed by atoms with E-state index in [1.807, 2.05) is 23.1 Å². The Bertz CT molecular complexity index is 1050. The minimum atomic E-state index is -0.701. The molecule has 2 aromatic rings. The Labute approximate surface area is 210 Å². The number of rotatable bonds is 7. The van der Waals surface area contributed by atoms with E-state index in [1.54, 1.807) is 0 Å². The van der Waals surface area contributed by atoms with Crippen molar-refractivity contribution >= 4 is 11.8 Å². The Morgan fingerprint density at radius 2 is 1.69 bits per heavy atom. The molecule has 1 saturated carbocycles. The molecule has 4 nitrogen and oxygen atoms in total. The Kier molecular flexibility index (Phi) is 7.00. The monoisotopic (exact) mass is 472 g/mol. The van der Waals surface area contributed by atoms with E-state index in [0.717, 1.165) is 51.5 Å². The molecule has 1 heterocycles. The highest BCUT2D eigenvalue weighted by molar-refractivity contribution is 5.92. The molecule has 0 radical (unpaired) electrons. The maximum absolute atomic E-state index is 14.0. The van der Waals surface area contributed by atoms with Crippen molar-refractivity contribution in [1.82, 2.24) is 10.2 Å². The predicted octanol–water partition coefficient (Wildman–Crippen LogP) is 5.19. The van der Waals surface area contributed by atoms with Crippen molar-refractivity contribution in [2.24, 2.45) is 23.7 Å². The van der Waals surface area contributed by atoms with Gasteiger partial charge in [0.15, 0.2) is 0 Å². The third-order valence-electron chi connectivity index (χ3n) is 8.77. The van der Waals surface area contributed by atoms with Crippen molar-refractivity contribution in [3.05, 3.63) is 71.3 Å². The fraction of sp³-hybridized carbons (Fsp3) is 0.548. The van der Waals surface area contributed by atoms with Crippen molar-refractivity contribution in [3.63, 3.8) is 0 Å². The van der Waals surface area contributed by atoms with Crippen LogP contribution in [0.2, 0.25) is 0 Å². The van der Waals surface area contributed by atoms with E-state index in [-0.39, 0.29) is 11.8 Å². The van der Waals surface area contributed by atoms with Crippen LogP contribution >= 0.6 is 0 Å². The van der Waals surface area contributed by atoms with Gasteiger partial charge in [0, 0.05) is 19.5 Å². The van der Waals surface area contributed by atoms with E-state index in [2.05, 4.69) is 55.6 Å². The fourth-order valence-electron chi connectivity index (χ4n) is 7.11. The molecule has 0 unspecified atom stereocenters. The van der Waals surface area contributed by atoms with Crippen LogP contribution in [0, 0.1) is 23.7 Å². The number of fused-ring (bicyclic) bond motifs is 2. The average molecular weight is 473 g/mol. The van der Waals surface area contributed by atoms with Gasteiger partial charge in [-0.05, 0) is 85.3 Å². The lowest BCUT2D eigenvalue weighted by molar-refractivity contribution is -0.149. The zero-order valence-corrected chi connectivity index (χ0v) is 21.3. The molecule has 1 N–H and O–H groups in total. The smallest absolute Gasteiger partial charge is 0.246 e. The van der Waals surface area contributed by atoms with Crippen LogP contribution in [0.1, 0.15) is 62.6 Å². The molecule has 4 heteroatoms. The third kappa shape index (κ3) is 5.03. The first-order valence-electron chi connectivity index (χ1n) is 13.6. The molecule has 2 aliphatic carbocycles. The average Bonchev–Trinajstić information content (AvgIpc) is 3.22. The van der Waals surface area contributed by atoms with Gasteiger partial charge in [0.1, 0.15) is 5.54 Å². The number of nitrogens with one attached hydrogen (secondary N) is 1. The molecule has 2 amide bonds. The standard InChI is InChI=1S/C31H40N2O2/c1-22(2)16-24-17-29(34)33(21-24)31(30(35)32-15-13-23-8-4-3-5-9-23)14-12-27-18-25-10-6-7-11-26(25)19-28(27)20-31/h3-11,22,24,27-28H,12-21H2,1-2H3,(H,32,35)/t24-,27-,28-,31+/m0/s1. The van der Waals surface area contributed by atoms with Gasteiger partial charge in [-0.15, -0.1) is 0 Å². The summed E-state index contributed by atoms with van der Waals surface area (Å²) in [7, 11) is 0. The number of nitrogens with zero attached hydrogens (tertiary/aromatic N) is 1. The summed E-state index contributed by atoms with van der Waals surface area (Å²) >= 11 is 0. The Balaban J connectivity index is 1.37. The van der Waals surface area contributed by atoms with Crippen LogP contribution in [0.3, 0.4) is 0 Å². The van der Waals surface area contributed by atoms with Gasteiger partial charge >= 0.3 is 0 Å². The summed E-state index contributed by atoms with van der Waals surface area (Å²) in [4.78, 5) is 29.4. The van der Waals surface area contributed by atoms with Crippen LogP contribution in [0.4, 0.5) is 0 Å². The summed E-state index contributed by atoms with van der Waals surface area (Å²) in [5.74, 6) is 2.25. The van der Waals surface area contributed by atoms with Gasteiger partial charge in [-0.3, -0.25) is 9.59 Å². The van der Waals surface area contributed by atoms with E-state index in [0.29, 0.717) is 36.6 Å². The van der Waals surface area contributed by atoms with Gasteiger partial charge in [-0.2, -0.15) is 0 Å². The van der Waals surface area contributed by atoms with Gasteiger partial charge in [0.2, 0.25) is 11.8 Å². The van der Waals surface area contributed by atoms with E-state index in [4.69, 9.17) is 0 Å². The minimum absolute atomic E-state index is 0.0734. The second-order valence-electron chi connectivity index (χ2n) is 11.7. The highest BCUT2D eigenvalue weighted by atomic mass is 16.2. The lowest BCUT2D eigenvalue weighted by atomic mass is 9.62. The van der Waals surface area contributed by atoms with E-state index in [1.165, 1.54) is 16.7 Å². The van der Waals surface area contributed by atoms with Crippen LogP contribution in [-0.2, 0) is 28.9 Å². The topological polar surface area (TPSA) is 49.4 Å². The molecule has 0 bridgehead atoms. The first-order chi connectivity index (χ1) is 16.9. The predicted molar refractivity (Wildman–Crippen MR) is 140 cm³/mol. The molecular weight excluding hydrogens is 432 g/mol. The maximum atomic E-state index is 14.0. The molecule has 0 spiro atoms. The van der Waals surface area contributed by atoms with Gasteiger partial charge in [0.25, 0.3) is 0 Å². The Morgan fingerprint density at radius 1 is 1.00 bits per heavy atom. The van der Waals surface area contributed by atoms with Crippen LogP contribution < -0.4 is 5.32 Å². The number of carbonyl (C=O) groups is 2. The van der Waals surface area contributed by atoms with Crippen LogP contribution in [0.25, 0.3) is 0 Å². The van der Waals surface area contributed by atoms with Gasteiger partial charge in [-0.25, -0.2) is 0 Å². The van der Waals surface area contributed by atoms with Crippen LogP contribution in [-0.4, -0.2) is 35.3 Å². The molecule has 35 heavy (non-hydrogen) atoms. The lowest BCUT2D eigenvalue weighted by Gasteiger charge is -2.50. The maximum Gasteiger partial charge on any atom is 0.246 e. The number of likely N-dealkylation sites (tertiary alicyclic amines) is 1. The summed E-state index contributed by atoms with van der Waals surface area (Å²) in [6.07, 6.45) is 7.18. The molecule has 0 aromatic heterocycles. The van der Waals surface area contributed by atoms with Crippen LogP contribution in [0.15, 0.2) is 54.6 Å². The van der Waals surface area contributed by atoms with Gasteiger partial charge in [-0.1, -0.05) is 68.4 Å². The van der Waals surface area contributed by atoms with Crippen molar-refractivity contribution < 1.29 is 9.59 Å². The second kappa shape index (κ2) is 10.2. The van der Waals surface area contributed by atoms with Gasteiger partial charge < -0.3 is 10.2 Å². The first-order valence-corrected chi connectivity index (χ1v) is 13.6. The van der Waals surface area contributed by atoms with Crippen LogP contribution in [0.5, 0.6) is 0 Å². The Hall–Kier alpha value is -2.62. The molecule has 4 atom stereocenters. The lowest BCUT2D eigenvalue weighted by Crippen LogP contribution is -2.63. The zero-order chi connectivity index (χ0) is 24.4. The summed E-state index contributed by atoms with van der Waals surface area (Å²) < 4.78 is 0. The molecule has 2 aromatic carbocycles. The highest BCUT2D eigenvalue weighted by Gasteiger charge is 2.54. The molecular formula is C31H40N2O2. The summed E-state index contributed by atoms with van der Waals surface area (Å²) in [5.41, 5.74) is 3.43. The van der Waals surface area contributed by atoms with E-state index in [9.17, 15) is 9.59 Å². The molecule has 3 aliphatic rings. The number of hydrogen-bond acceptors (Lipinski definition) is 2. The summed E-state index contributed by atoms with van der Waals surface area (Å²) in [5, 5.41) is 3.28. The number of hydrogen-bond donors (Lipinski definition) is 1. The SMILES string of the molecule is CC(C)C[C@H]1CC(=O)N([C@]2(C(=O)NCCc3ccccc3)CC[C@H]3Cc4ccccc4C[C@H]3C2)C1. The quantitative estimate of drug-likeness (QED) is 0.603. The van der Waals surface area contributed by atoms with E-state index < -0.39 is 5.54 Å². The van der Waals surface area contributed by atoms with Crippen molar-refractivity contribution in [3.8, 4) is 0 Å². The largest absolute Gasteiger partial charge is 0.354 e. The van der Waals surface area contributed by atoms with Crippen molar-refractivity contribution in [2.75, 3.05) is 13.1 Å². The number of benzene rings is 2. The summed E-state index contributed by atoms with van der Waals surface area (Å²) in [6, 6.07) is 19.1. The van der Waals surface area contributed by atoms with E-state index >= 15 is 0 Å². The zero-order valence-electron chi connectivity index (χ0n) is 21.3. The number of amides is 2. The minimum Gasteiger partial charge on any atom is -0.354 e. The molecule has 2 fully saturated rings. The van der Waals surface area contributed by atoms with Gasteiger partial charge in [0.05, 0.1) is 0 Å². The fourth-order valence-corrected chi connectivity index (χ4v) is 7.11. The molecule has 1 aliphatic heterocycles. The number of carbonyl (C=O) groups excluding carboxylic acids is 2. The molecule has 1 saturated heterocycles. The second-order valence-corrected chi connectivity index (χ2v) is 11.7. The molecule has 5 rings (SSSR count).